The third-order valence-corrected chi connectivity index (χ3v) is 2.01. The molecule has 2 heteroatoms. The number of Topliss-reactive ketones (excluding diaryl/α,β-unsaturated/α-hetero) is 1. The molecule has 0 atom stereocenters. The summed E-state index contributed by atoms with van der Waals surface area (Å²) in [5.41, 5.74) is 1.83. The van der Waals surface area contributed by atoms with Gasteiger partial charge in [-0.25, -0.2) is 0 Å². The van der Waals surface area contributed by atoms with Gasteiger partial charge in [0.05, 0.1) is 6.21 Å². The van der Waals surface area contributed by atoms with E-state index in [2.05, 4.69) is 13.8 Å². The highest BCUT2D eigenvalue weighted by Gasteiger charge is 2.02. The number of hydrogen-bond donors (Lipinski definition) is 1. The van der Waals surface area contributed by atoms with Crippen LogP contribution in [-0.4, -0.2) is 12.0 Å². The van der Waals surface area contributed by atoms with Gasteiger partial charge < -0.3 is 5.41 Å². The van der Waals surface area contributed by atoms with Gasteiger partial charge in [-0.2, -0.15) is 0 Å². The Hall–Kier alpha value is -1.44. The summed E-state index contributed by atoms with van der Waals surface area (Å²) in [6.45, 7) is 4.33. The average molecular weight is 189 g/mol. The first kappa shape index (κ1) is 10.6. The minimum absolute atomic E-state index is 0.235. The predicted octanol–water partition coefficient (Wildman–Crippen LogP) is 2.72. The van der Waals surface area contributed by atoms with E-state index in [4.69, 9.17) is 5.41 Å². The van der Waals surface area contributed by atoms with Crippen molar-refractivity contribution in [2.75, 3.05) is 0 Å². The van der Waals surface area contributed by atoms with Gasteiger partial charge in [0.15, 0.2) is 0 Å². The summed E-state index contributed by atoms with van der Waals surface area (Å²) in [7, 11) is 0. The smallest absolute Gasteiger partial charge is 0.203 e. The normalized spacial score (nSPS) is 10.2. The Kier molecular flexibility index (Phi) is 3.57. The number of carbonyl (C=O) groups is 1. The van der Waals surface area contributed by atoms with Gasteiger partial charge >= 0.3 is 0 Å². The van der Waals surface area contributed by atoms with Crippen LogP contribution in [-0.2, 0) is 6.42 Å². The fourth-order valence-electron chi connectivity index (χ4n) is 1.36. The minimum atomic E-state index is -0.235. The highest BCUT2D eigenvalue weighted by atomic mass is 16.1. The van der Waals surface area contributed by atoms with Crippen LogP contribution in [0.3, 0.4) is 0 Å². The summed E-state index contributed by atoms with van der Waals surface area (Å²) >= 11 is 0. The molecule has 74 valence electrons. The first-order chi connectivity index (χ1) is 6.63. The second kappa shape index (κ2) is 4.70. The average Bonchev–Trinajstić information content (AvgIpc) is 2.17. The number of hydrogen-bond acceptors (Lipinski definition) is 2. The molecule has 0 spiro atoms. The monoisotopic (exact) mass is 189 g/mol. The Balaban J connectivity index is 2.78. The van der Waals surface area contributed by atoms with Gasteiger partial charge in [-0.3, -0.25) is 4.79 Å². The molecule has 0 aliphatic rings. The quantitative estimate of drug-likeness (QED) is 0.574. The van der Waals surface area contributed by atoms with Gasteiger partial charge in [-0.15, -0.1) is 0 Å². The topological polar surface area (TPSA) is 40.9 Å². The van der Waals surface area contributed by atoms with E-state index in [1.165, 1.54) is 5.56 Å². The highest BCUT2D eigenvalue weighted by molar-refractivity contribution is 6.34. The molecule has 0 heterocycles. The van der Waals surface area contributed by atoms with Crippen LogP contribution in [0.2, 0.25) is 0 Å². The summed E-state index contributed by atoms with van der Waals surface area (Å²) in [5, 5.41) is 6.84. The second-order valence-corrected chi connectivity index (χ2v) is 3.80. The number of nitrogens with one attached hydrogen (secondary N) is 1. The zero-order chi connectivity index (χ0) is 10.6. The van der Waals surface area contributed by atoms with E-state index in [1.54, 1.807) is 12.1 Å². The molecule has 0 saturated carbocycles. The number of benzene rings is 1. The van der Waals surface area contributed by atoms with Crippen molar-refractivity contribution < 1.29 is 4.79 Å². The van der Waals surface area contributed by atoms with Crippen molar-refractivity contribution in [3.63, 3.8) is 0 Å². The number of carbonyl (C=O) groups excluding carboxylic acids is 1. The second-order valence-electron chi connectivity index (χ2n) is 3.80. The minimum Gasteiger partial charge on any atom is -0.305 e. The largest absolute Gasteiger partial charge is 0.305 e. The van der Waals surface area contributed by atoms with Gasteiger partial charge in [0, 0.05) is 5.56 Å². The maximum Gasteiger partial charge on any atom is 0.203 e. The van der Waals surface area contributed by atoms with Crippen LogP contribution < -0.4 is 0 Å². The molecule has 1 rings (SSSR count). The molecular formula is C12H15NO. The lowest BCUT2D eigenvalue weighted by Gasteiger charge is -2.04. The van der Waals surface area contributed by atoms with E-state index in [-0.39, 0.29) is 5.78 Å². The molecular weight excluding hydrogens is 174 g/mol. The zero-order valence-electron chi connectivity index (χ0n) is 8.58. The molecule has 0 aliphatic heterocycles. The maximum absolute atomic E-state index is 11.1. The molecule has 0 bridgehead atoms. The Morgan fingerprint density at radius 3 is 2.36 bits per heavy atom. The highest BCUT2D eigenvalue weighted by Crippen LogP contribution is 2.09. The molecule has 0 amide bonds. The van der Waals surface area contributed by atoms with Gasteiger partial charge in [-0.1, -0.05) is 38.1 Å². The summed E-state index contributed by atoms with van der Waals surface area (Å²) in [6.07, 6.45) is 1.87. The first-order valence-electron chi connectivity index (χ1n) is 4.77. The lowest BCUT2D eigenvalue weighted by molar-refractivity contribution is 0.107. The van der Waals surface area contributed by atoms with Crippen LogP contribution in [0.1, 0.15) is 29.8 Å². The van der Waals surface area contributed by atoms with Gasteiger partial charge in [0.2, 0.25) is 5.78 Å². The van der Waals surface area contributed by atoms with Crippen molar-refractivity contribution in [3.05, 3.63) is 35.4 Å². The molecule has 0 aromatic heterocycles. The van der Waals surface area contributed by atoms with E-state index in [0.29, 0.717) is 11.5 Å². The third kappa shape index (κ3) is 2.80. The molecule has 0 unspecified atom stereocenters. The summed E-state index contributed by atoms with van der Waals surface area (Å²) in [6, 6.07) is 7.48. The van der Waals surface area contributed by atoms with Crippen molar-refractivity contribution in [3.8, 4) is 0 Å². The van der Waals surface area contributed by atoms with Crippen molar-refractivity contribution in [2.45, 2.75) is 20.3 Å². The van der Waals surface area contributed by atoms with Gasteiger partial charge in [0.25, 0.3) is 0 Å². The Morgan fingerprint density at radius 2 is 1.93 bits per heavy atom. The lowest BCUT2D eigenvalue weighted by Crippen LogP contribution is -2.00. The zero-order valence-corrected chi connectivity index (χ0v) is 8.58. The van der Waals surface area contributed by atoms with Crippen LogP contribution in [0.5, 0.6) is 0 Å². The van der Waals surface area contributed by atoms with Crippen LogP contribution >= 0.6 is 0 Å². The van der Waals surface area contributed by atoms with Crippen LogP contribution in [0, 0.1) is 11.3 Å². The van der Waals surface area contributed by atoms with E-state index in [0.717, 1.165) is 12.6 Å². The molecule has 1 aromatic carbocycles. The Labute approximate surface area is 84.5 Å². The van der Waals surface area contributed by atoms with Crippen LogP contribution in [0.4, 0.5) is 0 Å². The van der Waals surface area contributed by atoms with E-state index < -0.39 is 0 Å². The standard InChI is InChI=1S/C12H15NO/c1-9(2)7-10-3-5-11(6-4-10)12(14)8-13/h3-6,8-9,13H,7H2,1-2H3. The third-order valence-electron chi connectivity index (χ3n) is 2.01. The fraction of sp³-hybridized carbons (Fsp3) is 0.333. The molecule has 1 N–H and O–H groups in total. The summed E-state index contributed by atoms with van der Waals surface area (Å²) in [5.74, 6) is 0.389. The molecule has 2 nitrogen and oxygen atoms in total. The van der Waals surface area contributed by atoms with E-state index in [9.17, 15) is 4.79 Å². The van der Waals surface area contributed by atoms with Crippen LogP contribution in [0.15, 0.2) is 24.3 Å². The van der Waals surface area contributed by atoms with E-state index >= 15 is 0 Å². The Bertz CT molecular complexity index is 325. The predicted molar refractivity (Wildman–Crippen MR) is 58.1 cm³/mol. The van der Waals surface area contributed by atoms with E-state index in [1.807, 2.05) is 12.1 Å². The van der Waals surface area contributed by atoms with Gasteiger partial charge in [0.1, 0.15) is 0 Å². The molecule has 1 aromatic rings. The van der Waals surface area contributed by atoms with Gasteiger partial charge in [-0.05, 0) is 17.9 Å². The van der Waals surface area contributed by atoms with Crippen LogP contribution in [0.25, 0.3) is 0 Å². The van der Waals surface area contributed by atoms with Crippen molar-refractivity contribution >= 4 is 12.0 Å². The molecule has 14 heavy (non-hydrogen) atoms. The summed E-state index contributed by atoms with van der Waals surface area (Å²) < 4.78 is 0. The SMILES string of the molecule is CC(C)Cc1ccc(C(=O)C=N)cc1. The molecule has 0 fully saturated rings. The lowest BCUT2D eigenvalue weighted by atomic mass is 10.0. The van der Waals surface area contributed by atoms with Crippen molar-refractivity contribution in [1.82, 2.24) is 0 Å². The first-order valence-corrected chi connectivity index (χ1v) is 4.77. The Morgan fingerprint density at radius 1 is 1.36 bits per heavy atom. The number of rotatable bonds is 4. The fourth-order valence-corrected chi connectivity index (χ4v) is 1.36. The number of ketones is 1. The van der Waals surface area contributed by atoms with Crippen molar-refractivity contribution in [1.29, 1.82) is 5.41 Å². The van der Waals surface area contributed by atoms with Crippen molar-refractivity contribution in [2.24, 2.45) is 5.92 Å². The molecule has 0 saturated heterocycles. The summed E-state index contributed by atoms with van der Waals surface area (Å²) in [4.78, 5) is 11.1. The maximum atomic E-state index is 11.1. The molecule has 0 radical (unpaired) electrons. The molecule has 0 aliphatic carbocycles.